The first-order chi connectivity index (χ1) is 10.2. The number of benzene rings is 1. The Labute approximate surface area is 127 Å². The van der Waals surface area contributed by atoms with E-state index in [1.54, 1.807) is 0 Å². The van der Waals surface area contributed by atoms with Crippen molar-refractivity contribution in [2.75, 3.05) is 13.1 Å². The average Bonchev–Trinajstić information content (AvgIpc) is 2.89. The normalized spacial score (nSPS) is 29.9. The number of carbonyl (C=O) groups is 1. The molecule has 0 bridgehead atoms. The summed E-state index contributed by atoms with van der Waals surface area (Å²) in [7, 11) is 0. The molecule has 1 aromatic carbocycles. The number of hydrogen-bond donors (Lipinski definition) is 1. The Morgan fingerprint density at radius 2 is 1.86 bits per heavy atom. The second-order valence-electron chi connectivity index (χ2n) is 6.70. The largest absolute Gasteiger partial charge is 0.322 e. The van der Waals surface area contributed by atoms with Gasteiger partial charge in [-0.3, -0.25) is 10.1 Å². The van der Waals surface area contributed by atoms with E-state index in [1.165, 1.54) is 31.2 Å². The molecule has 0 spiro atoms. The number of nitrogens with one attached hydrogen (secondary N) is 1. The summed E-state index contributed by atoms with van der Waals surface area (Å²) in [6.45, 7) is 3.72. The third-order valence-corrected chi connectivity index (χ3v) is 5.11. The van der Waals surface area contributed by atoms with Crippen LogP contribution in [0.25, 0.3) is 0 Å². The second-order valence-corrected chi connectivity index (χ2v) is 6.70. The fourth-order valence-corrected chi connectivity index (χ4v) is 3.67. The van der Waals surface area contributed by atoms with Crippen LogP contribution >= 0.6 is 0 Å². The minimum atomic E-state index is 0.0706. The van der Waals surface area contributed by atoms with Crippen molar-refractivity contribution in [2.24, 2.45) is 11.8 Å². The fraction of sp³-hybridized carbons (Fsp3) is 0.611. The maximum atomic E-state index is 12.1. The summed E-state index contributed by atoms with van der Waals surface area (Å²) in [5.74, 6) is 1.95. The number of nitrogens with zero attached hydrogens (tertiary/aromatic N) is 1. The third-order valence-electron chi connectivity index (χ3n) is 5.11. The Bertz CT molecular complexity index is 465. The molecule has 1 saturated heterocycles. The summed E-state index contributed by atoms with van der Waals surface area (Å²) in [5, 5.41) is 3.34. The van der Waals surface area contributed by atoms with Crippen LogP contribution in [0.2, 0.25) is 0 Å². The van der Waals surface area contributed by atoms with E-state index in [4.69, 9.17) is 0 Å². The van der Waals surface area contributed by atoms with Crippen molar-refractivity contribution in [3.05, 3.63) is 35.9 Å². The zero-order chi connectivity index (χ0) is 14.7. The van der Waals surface area contributed by atoms with Crippen LogP contribution in [0.1, 0.15) is 50.8 Å². The first-order valence-electron chi connectivity index (χ1n) is 8.32. The molecule has 3 nitrogen and oxygen atoms in total. The number of carbonyl (C=O) groups excluding carboxylic acids is 1. The lowest BCUT2D eigenvalue weighted by Crippen LogP contribution is -2.32. The SMILES string of the molecule is CC1CCC(CCN2C(=O)CNC2c2ccccc2)CC1. The number of rotatable bonds is 4. The van der Waals surface area contributed by atoms with Crippen LogP contribution < -0.4 is 5.32 Å². The van der Waals surface area contributed by atoms with Gasteiger partial charge in [0.05, 0.1) is 6.54 Å². The molecular weight excluding hydrogens is 260 g/mol. The molecule has 3 heteroatoms. The van der Waals surface area contributed by atoms with Gasteiger partial charge in [-0.1, -0.05) is 62.9 Å². The van der Waals surface area contributed by atoms with Crippen LogP contribution in [0.15, 0.2) is 30.3 Å². The molecule has 1 atom stereocenters. The Kier molecular flexibility index (Phi) is 4.59. The van der Waals surface area contributed by atoms with E-state index in [9.17, 15) is 4.79 Å². The topological polar surface area (TPSA) is 32.3 Å². The minimum Gasteiger partial charge on any atom is -0.322 e. The van der Waals surface area contributed by atoms with E-state index >= 15 is 0 Å². The summed E-state index contributed by atoms with van der Waals surface area (Å²) < 4.78 is 0. The lowest BCUT2D eigenvalue weighted by Gasteiger charge is -2.30. The van der Waals surface area contributed by atoms with Gasteiger partial charge in [0.25, 0.3) is 0 Å². The molecule has 1 N–H and O–H groups in total. The lowest BCUT2D eigenvalue weighted by molar-refractivity contribution is -0.128. The molecule has 114 valence electrons. The van der Waals surface area contributed by atoms with Gasteiger partial charge in [0.1, 0.15) is 6.17 Å². The average molecular weight is 286 g/mol. The zero-order valence-electron chi connectivity index (χ0n) is 12.9. The molecule has 2 fully saturated rings. The van der Waals surface area contributed by atoms with Crippen molar-refractivity contribution in [1.82, 2.24) is 10.2 Å². The fourth-order valence-electron chi connectivity index (χ4n) is 3.67. The van der Waals surface area contributed by atoms with Gasteiger partial charge in [0, 0.05) is 6.54 Å². The van der Waals surface area contributed by atoms with Crippen LogP contribution in [0.5, 0.6) is 0 Å². The predicted octanol–water partition coefficient (Wildman–Crippen LogP) is 3.33. The highest BCUT2D eigenvalue weighted by atomic mass is 16.2. The molecule has 1 saturated carbocycles. The van der Waals surface area contributed by atoms with E-state index in [0.29, 0.717) is 6.54 Å². The van der Waals surface area contributed by atoms with Crippen LogP contribution in [0.3, 0.4) is 0 Å². The molecule has 3 rings (SSSR count). The molecule has 1 aliphatic heterocycles. The van der Waals surface area contributed by atoms with Gasteiger partial charge in [0.15, 0.2) is 0 Å². The van der Waals surface area contributed by atoms with E-state index in [2.05, 4.69) is 24.4 Å². The van der Waals surface area contributed by atoms with Crippen LogP contribution in [0.4, 0.5) is 0 Å². The molecule has 1 heterocycles. The Morgan fingerprint density at radius 1 is 1.14 bits per heavy atom. The van der Waals surface area contributed by atoms with Crippen LogP contribution in [-0.2, 0) is 4.79 Å². The standard InChI is InChI=1S/C18H26N2O/c1-14-7-9-15(10-8-14)11-12-20-17(21)13-19-18(20)16-5-3-2-4-6-16/h2-6,14-15,18-19H,7-13H2,1H3. The van der Waals surface area contributed by atoms with E-state index in [-0.39, 0.29) is 12.1 Å². The van der Waals surface area contributed by atoms with Gasteiger partial charge >= 0.3 is 0 Å². The number of amides is 1. The van der Waals surface area contributed by atoms with E-state index < -0.39 is 0 Å². The molecule has 1 amide bonds. The zero-order valence-corrected chi connectivity index (χ0v) is 12.9. The van der Waals surface area contributed by atoms with E-state index in [0.717, 1.165) is 24.8 Å². The quantitative estimate of drug-likeness (QED) is 0.920. The summed E-state index contributed by atoms with van der Waals surface area (Å²) in [6.07, 6.45) is 6.63. The molecule has 1 aliphatic carbocycles. The highest BCUT2D eigenvalue weighted by Crippen LogP contribution is 2.31. The second kappa shape index (κ2) is 6.61. The monoisotopic (exact) mass is 286 g/mol. The molecular formula is C18H26N2O. The Hall–Kier alpha value is -1.35. The minimum absolute atomic E-state index is 0.0706. The Balaban J connectivity index is 1.59. The summed E-state index contributed by atoms with van der Waals surface area (Å²) >= 11 is 0. The van der Waals surface area contributed by atoms with E-state index in [1.807, 2.05) is 23.1 Å². The predicted molar refractivity (Wildman–Crippen MR) is 84.6 cm³/mol. The van der Waals surface area contributed by atoms with Crippen molar-refractivity contribution in [3.63, 3.8) is 0 Å². The highest BCUT2D eigenvalue weighted by molar-refractivity contribution is 5.80. The summed E-state index contributed by atoms with van der Waals surface area (Å²) in [4.78, 5) is 14.2. The van der Waals surface area contributed by atoms with Gasteiger partial charge in [-0.2, -0.15) is 0 Å². The van der Waals surface area contributed by atoms with Crippen LogP contribution in [-0.4, -0.2) is 23.9 Å². The lowest BCUT2D eigenvalue weighted by atomic mass is 9.81. The first kappa shape index (κ1) is 14.6. The Morgan fingerprint density at radius 3 is 2.57 bits per heavy atom. The molecule has 0 aromatic heterocycles. The van der Waals surface area contributed by atoms with Gasteiger partial charge in [-0.15, -0.1) is 0 Å². The molecule has 1 aromatic rings. The smallest absolute Gasteiger partial charge is 0.238 e. The van der Waals surface area contributed by atoms with Gasteiger partial charge in [-0.25, -0.2) is 0 Å². The first-order valence-corrected chi connectivity index (χ1v) is 8.32. The third kappa shape index (κ3) is 3.46. The van der Waals surface area contributed by atoms with Crippen molar-refractivity contribution >= 4 is 5.91 Å². The van der Waals surface area contributed by atoms with Gasteiger partial charge in [-0.05, 0) is 23.8 Å². The van der Waals surface area contributed by atoms with Gasteiger partial charge < -0.3 is 4.90 Å². The van der Waals surface area contributed by atoms with Gasteiger partial charge in [0.2, 0.25) is 5.91 Å². The maximum absolute atomic E-state index is 12.1. The molecule has 1 unspecified atom stereocenters. The van der Waals surface area contributed by atoms with Crippen molar-refractivity contribution < 1.29 is 4.79 Å². The van der Waals surface area contributed by atoms with Crippen LogP contribution in [0, 0.1) is 11.8 Å². The van der Waals surface area contributed by atoms with Crippen molar-refractivity contribution in [2.45, 2.75) is 45.2 Å². The molecule has 0 radical (unpaired) electrons. The molecule has 21 heavy (non-hydrogen) atoms. The number of hydrogen-bond acceptors (Lipinski definition) is 2. The summed E-state index contributed by atoms with van der Waals surface area (Å²) in [5.41, 5.74) is 1.20. The van der Waals surface area contributed by atoms with Crippen molar-refractivity contribution in [3.8, 4) is 0 Å². The highest BCUT2D eigenvalue weighted by Gasteiger charge is 2.31. The van der Waals surface area contributed by atoms with Crippen molar-refractivity contribution in [1.29, 1.82) is 0 Å². The molecule has 2 aliphatic rings. The maximum Gasteiger partial charge on any atom is 0.238 e. The summed E-state index contributed by atoms with van der Waals surface area (Å²) in [6, 6.07) is 10.3.